The lowest BCUT2D eigenvalue weighted by Gasteiger charge is -2.15. The summed E-state index contributed by atoms with van der Waals surface area (Å²) < 4.78 is 3.00. The molecule has 0 aromatic carbocycles. The summed E-state index contributed by atoms with van der Waals surface area (Å²) in [5, 5.41) is 3.33. The first-order valence-corrected chi connectivity index (χ1v) is 7.31. The molecule has 0 saturated carbocycles. The van der Waals surface area contributed by atoms with Crippen LogP contribution in [-0.4, -0.2) is 40.3 Å². The van der Waals surface area contributed by atoms with Crippen molar-refractivity contribution >= 4 is 27.5 Å². The number of pyridine rings is 1. The van der Waals surface area contributed by atoms with Crippen LogP contribution in [0.25, 0.3) is 5.65 Å². The molecule has 0 spiro atoms. The van der Waals surface area contributed by atoms with Gasteiger partial charge in [-0.3, -0.25) is 4.79 Å². The van der Waals surface area contributed by atoms with E-state index >= 15 is 0 Å². The molecular weight excluding hydrogens is 320 g/mol. The smallest absolute Gasteiger partial charge is 0.223 e. The maximum Gasteiger partial charge on any atom is 0.223 e. The molecule has 5 nitrogen and oxygen atoms in total. The molecule has 0 fully saturated rings. The van der Waals surface area contributed by atoms with Gasteiger partial charge in [-0.05, 0) is 35.0 Å². The fraction of sp³-hybridized carbons (Fsp3) is 0.429. The zero-order valence-electron chi connectivity index (χ0n) is 11.9. The first kappa shape index (κ1) is 15.0. The van der Waals surface area contributed by atoms with Gasteiger partial charge in [0.05, 0.1) is 5.69 Å². The summed E-state index contributed by atoms with van der Waals surface area (Å²) in [6, 6.07) is 4.06. The van der Waals surface area contributed by atoms with Crippen LogP contribution in [0, 0.1) is 0 Å². The van der Waals surface area contributed by atoms with Gasteiger partial charge in [0.25, 0.3) is 0 Å². The Morgan fingerprint density at radius 1 is 1.45 bits per heavy atom. The number of nitrogens with zero attached hydrogens (tertiary/aromatic N) is 3. The highest BCUT2D eigenvalue weighted by Gasteiger charge is 2.11. The third-order valence-corrected chi connectivity index (χ3v) is 3.55. The molecule has 0 radical (unpaired) electrons. The molecule has 2 rings (SSSR count). The second kappa shape index (κ2) is 6.37. The van der Waals surface area contributed by atoms with Crippen molar-refractivity contribution in [3.63, 3.8) is 0 Å². The van der Waals surface area contributed by atoms with Crippen LogP contribution in [0.15, 0.2) is 29.0 Å². The van der Waals surface area contributed by atoms with E-state index in [9.17, 15) is 4.79 Å². The minimum Gasteiger partial charge on any atom is -0.349 e. The van der Waals surface area contributed by atoms with Gasteiger partial charge in [0.2, 0.25) is 5.91 Å². The zero-order valence-corrected chi connectivity index (χ0v) is 13.5. The summed E-state index contributed by atoms with van der Waals surface area (Å²) in [4.78, 5) is 17.7. The monoisotopic (exact) mass is 338 g/mol. The molecule has 108 valence electrons. The first-order valence-electron chi connectivity index (χ1n) is 6.52. The molecule has 6 heteroatoms. The van der Waals surface area contributed by atoms with Crippen molar-refractivity contribution in [3.05, 3.63) is 34.7 Å². The number of nitrogens with one attached hydrogen (secondary N) is 1. The van der Waals surface area contributed by atoms with Gasteiger partial charge in [0, 0.05) is 50.0 Å². The number of hydrogen-bond acceptors (Lipinski definition) is 3. The third-order valence-electron chi connectivity index (χ3n) is 3.08. The number of halogens is 1. The molecule has 2 aromatic heterocycles. The second-order valence-corrected chi connectivity index (χ2v) is 6.03. The quantitative estimate of drug-likeness (QED) is 0.907. The van der Waals surface area contributed by atoms with E-state index in [0.29, 0.717) is 13.0 Å². The lowest BCUT2D eigenvalue weighted by molar-refractivity contribution is -0.129. The fourth-order valence-corrected chi connectivity index (χ4v) is 2.25. The Kier molecular flexibility index (Phi) is 4.77. The molecule has 20 heavy (non-hydrogen) atoms. The Hall–Kier alpha value is -1.40. The molecule has 2 aromatic rings. The van der Waals surface area contributed by atoms with Crippen molar-refractivity contribution in [3.8, 4) is 0 Å². The number of hydrogen-bond donors (Lipinski definition) is 1. The Balaban J connectivity index is 1.94. The average molecular weight is 339 g/mol. The Morgan fingerprint density at radius 2 is 2.20 bits per heavy atom. The minimum atomic E-state index is 0.126. The Morgan fingerprint density at radius 3 is 2.90 bits per heavy atom. The molecule has 1 N–H and O–H groups in total. The summed E-state index contributed by atoms with van der Waals surface area (Å²) in [5.74, 6) is 0.129. The summed E-state index contributed by atoms with van der Waals surface area (Å²) in [5.41, 5.74) is 1.88. The van der Waals surface area contributed by atoms with Crippen molar-refractivity contribution in [2.24, 2.45) is 0 Å². The van der Waals surface area contributed by atoms with Crippen molar-refractivity contribution in [2.75, 3.05) is 14.1 Å². The third kappa shape index (κ3) is 3.80. The van der Waals surface area contributed by atoms with Crippen LogP contribution in [0.1, 0.15) is 19.0 Å². The normalized spacial score (nSPS) is 12.6. The summed E-state index contributed by atoms with van der Waals surface area (Å²) in [6.07, 6.45) is 4.46. The van der Waals surface area contributed by atoms with E-state index in [1.807, 2.05) is 35.9 Å². The van der Waals surface area contributed by atoms with Gasteiger partial charge in [-0.1, -0.05) is 0 Å². The van der Waals surface area contributed by atoms with E-state index in [-0.39, 0.29) is 11.9 Å². The number of carbonyl (C=O) groups is 1. The van der Waals surface area contributed by atoms with Crippen LogP contribution >= 0.6 is 15.9 Å². The number of amides is 1. The highest BCUT2D eigenvalue weighted by Crippen LogP contribution is 2.12. The number of fused-ring (bicyclic) bond motifs is 1. The fourth-order valence-electron chi connectivity index (χ4n) is 1.90. The van der Waals surface area contributed by atoms with Gasteiger partial charge in [0.15, 0.2) is 0 Å². The topological polar surface area (TPSA) is 49.6 Å². The lowest BCUT2D eigenvalue weighted by atomic mass is 10.2. The van der Waals surface area contributed by atoms with E-state index in [1.54, 1.807) is 19.0 Å². The first-order chi connectivity index (χ1) is 9.45. The zero-order chi connectivity index (χ0) is 14.7. The van der Waals surface area contributed by atoms with Crippen molar-refractivity contribution < 1.29 is 4.79 Å². The molecule has 0 aliphatic rings. The number of rotatable bonds is 5. The van der Waals surface area contributed by atoms with Crippen LogP contribution in [0.4, 0.5) is 0 Å². The van der Waals surface area contributed by atoms with Crippen LogP contribution in [0.2, 0.25) is 0 Å². The number of aromatic nitrogens is 2. The standard InChI is InChI=1S/C14H19BrN4O/c1-10(6-14(20)18(2)3)16-7-12-9-19-8-11(15)4-5-13(19)17-12/h4-5,8-10,16H,6-7H2,1-3H3. The maximum absolute atomic E-state index is 11.6. The van der Waals surface area contributed by atoms with E-state index in [1.165, 1.54) is 0 Å². The summed E-state index contributed by atoms with van der Waals surface area (Å²) in [6.45, 7) is 2.66. The van der Waals surface area contributed by atoms with Crippen LogP contribution in [0.3, 0.4) is 0 Å². The van der Waals surface area contributed by atoms with Crippen molar-refractivity contribution in [1.82, 2.24) is 19.6 Å². The van der Waals surface area contributed by atoms with Gasteiger partial charge in [0.1, 0.15) is 5.65 Å². The number of imidazole rings is 1. The largest absolute Gasteiger partial charge is 0.349 e. The van der Waals surface area contributed by atoms with E-state index in [2.05, 4.69) is 26.2 Å². The highest BCUT2D eigenvalue weighted by atomic mass is 79.9. The molecule has 0 bridgehead atoms. The maximum atomic E-state index is 11.6. The summed E-state index contributed by atoms with van der Waals surface area (Å²) in [7, 11) is 3.55. The van der Waals surface area contributed by atoms with Gasteiger partial charge in [-0.15, -0.1) is 0 Å². The minimum absolute atomic E-state index is 0.126. The van der Waals surface area contributed by atoms with Crippen molar-refractivity contribution in [1.29, 1.82) is 0 Å². The van der Waals surface area contributed by atoms with Crippen LogP contribution in [0.5, 0.6) is 0 Å². The van der Waals surface area contributed by atoms with E-state index in [4.69, 9.17) is 0 Å². The Bertz CT molecular complexity index is 608. The molecule has 1 unspecified atom stereocenters. The van der Waals surface area contributed by atoms with Gasteiger partial charge in [-0.25, -0.2) is 4.98 Å². The molecular formula is C14H19BrN4O. The number of carbonyl (C=O) groups excluding carboxylic acids is 1. The molecule has 0 aliphatic heterocycles. The predicted molar refractivity (Wildman–Crippen MR) is 82.5 cm³/mol. The van der Waals surface area contributed by atoms with Gasteiger partial charge >= 0.3 is 0 Å². The van der Waals surface area contributed by atoms with Gasteiger partial charge < -0.3 is 14.6 Å². The average Bonchev–Trinajstić information content (AvgIpc) is 2.78. The van der Waals surface area contributed by atoms with E-state index < -0.39 is 0 Å². The highest BCUT2D eigenvalue weighted by molar-refractivity contribution is 9.10. The van der Waals surface area contributed by atoms with E-state index in [0.717, 1.165) is 15.8 Å². The molecule has 0 aliphatic carbocycles. The molecule has 1 atom stereocenters. The second-order valence-electron chi connectivity index (χ2n) is 5.12. The molecule has 2 heterocycles. The van der Waals surface area contributed by atoms with Crippen LogP contribution in [-0.2, 0) is 11.3 Å². The summed E-state index contributed by atoms with van der Waals surface area (Å²) >= 11 is 3.44. The predicted octanol–water partition coefficient (Wildman–Crippen LogP) is 2.05. The Labute approximate surface area is 127 Å². The van der Waals surface area contributed by atoms with Crippen LogP contribution < -0.4 is 5.32 Å². The van der Waals surface area contributed by atoms with Crippen molar-refractivity contribution in [2.45, 2.75) is 25.9 Å². The SMILES string of the molecule is CC(CC(=O)N(C)C)NCc1cn2cc(Br)ccc2n1. The van der Waals surface area contributed by atoms with Gasteiger partial charge in [-0.2, -0.15) is 0 Å². The molecule has 1 amide bonds. The molecule has 0 saturated heterocycles. The lowest BCUT2D eigenvalue weighted by Crippen LogP contribution is -2.33.